The van der Waals surface area contributed by atoms with Crippen LogP contribution in [0.15, 0.2) is 0 Å². The van der Waals surface area contributed by atoms with Gasteiger partial charge in [0, 0.05) is 13.2 Å². The summed E-state index contributed by atoms with van der Waals surface area (Å²) >= 11 is 9.80. The number of rotatable bonds is 7. The first-order valence-corrected chi connectivity index (χ1v) is 5.14. The van der Waals surface area contributed by atoms with Gasteiger partial charge < -0.3 is 21.7 Å². The van der Waals surface area contributed by atoms with E-state index in [4.69, 9.17) is 46.1 Å². The summed E-state index contributed by atoms with van der Waals surface area (Å²) in [5.74, 6) is 0. The van der Waals surface area contributed by atoms with Gasteiger partial charge in [-0.2, -0.15) is 0 Å². The van der Waals surface area contributed by atoms with Crippen molar-refractivity contribution in [1.29, 1.82) is 0 Å². The Hall–Kier alpha value is -0.300. The molecule has 0 aliphatic carbocycles. The maximum atomic E-state index is 8.91. The highest BCUT2D eigenvalue weighted by Gasteiger charge is 2.35. The van der Waals surface area contributed by atoms with Crippen LogP contribution in [0.1, 0.15) is 19.3 Å². The lowest BCUT2D eigenvalue weighted by molar-refractivity contribution is 0.236. The van der Waals surface area contributed by atoms with E-state index in [2.05, 4.69) is 0 Å². The first-order chi connectivity index (χ1) is 6.51. The van der Waals surface area contributed by atoms with Crippen LogP contribution in [0.2, 0.25) is 0 Å². The zero-order valence-corrected chi connectivity index (χ0v) is 9.53. The molecule has 82 valence electrons. The highest BCUT2D eigenvalue weighted by atomic mass is 32.1. The third-order valence-electron chi connectivity index (χ3n) is 2.24. The van der Waals surface area contributed by atoms with E-state index in [0.717, 1.165) is 0 Å². The Morgan fingerprint density at radius 2 is 1.50 bits per heavy atom. The lowest BCUT2D eigenvalue weighted by Crippen LogP contribution is -2.46. The predicted octanol–water partition coefficient (Wildman–Crippen LogP) is -0.300. The standard InChI is InChI=1S/C8H16N2O2S2/c9-6(13)8(3-5-12,7(10)14)2-1-4-11/h11-12H,1-5H2,(H2,9,13)(H2,10,14). The van der Waals surface area contributed by atoms with Crippen LogP contribution in [0.25, 0.3) is 0 Å². The van der Waals surface area contributed by atoms with Gasteiger partial charge in [-0.1, -0.05) is 24.4 Å². The molecule has 0 aromatic rings. The Balaban J connectivity index is 4.75. The fourth-order valence-corrected chi connectivity index (χ4v) is 2.00. The summed E-state index contributed by atoms with van der Waals surface area (Å²) in [6.45, 7) is -0.0570. The molecule has 0 amide bonds. The number of aliphatic hydroxyl groups is 2. The number of nitrogens with two attached hydrogens (primary N) is 2. The molecule has 0 rings (SSSR count). The molecule has 0 aliphatic heterocycles. The largest absolute Gasteiger partial charge is 0.396 e. The number of hydrogen-bond acceptors (Lipinski definition) is 4. The van der Waals surface area contributed by atoms with Crippen molar-refractivity contribution in [1.82, 2.24) is 0 Å². The average Bonchev–Trinajstić information content (AvgIpc) is 2.11. The molecular weight excluding hydrogens is 220 g/mol. The van der Waals surface area contributed by atoms with Crippen molar-refractivity contribution in [2.24, 2.45) is 16.9 Å². The second-order valence-electron chi connectivity index (χ2n) is 3.11. The molecule has 0 aromatic carbocycles. The van der Waals surface area contributed by atoms with Crippen LogP contribution in [0.4, 0.5) is 0 Å². The lowest BCUT2D eigenvalue weighted by atomic mass is 9.80. The molecule has 0 unspecified atom stereocenters. The van der Waals surface area contributed by atoms with Crippen LogP contribution in [0, 0.1) is 5.41 Å². The molecule has 0 saturated heterocycles. The summed E-state index contributed by atoms with van der Waals surface area (Å²) in [6.07, 6.45) is 1.31. The molecule has 6 N–H and O–H groups in total. The molecule has 0 spiro atoms. The molecule has 6 heteroatoms. The van der Waals surface area contributed by atoms with Crippen LogP contribution < -0.4 is 11.5 Å². The number of hydrogen-bond donors (Lipinski definition) is 4. The first kappa shape index (κ1) is 13.7. The van der Waals surface area contributed by atoms with E-state index in [9.17, 15) is 0 Å². The Morgan fingerprint density at radius 1 is 1.00 bits per heavy atom. The van der Waals surface area contributed by atoms with Gasteiger partial charge in [0.2, 0.25) is 0 Å². The molecule has 4 nitrogen and oxygen atoms in total. The molecule has 0 aliphatic rings. The quantitative estimate of drug-likeness (QED) is 0.454. The van der Waals surface area contributed by atoms with E-state index in [1.54, 1.807) is 0 Å². The fourth-order valence-electron chi connectivity index (χ4n) is 1.31. The monoisotopic (exact) mass is 236 g/mol. The Bertz CT molecular complexity index is 207. The molecule has 0 atom stereocenters. The second kappa shape index (κ2) is 6.23. The first-order valence-electron chi connectivity index (χ1n) is 4.33. The van der Waals surface area contributed by atoms with Crippen molar-refractivity contribution < 1.29 is 10.2 Å². The topological polar surface area (TPSA) is 92.5 Å². The summed E-state index contributed by atoms with van der Waals surface area (Å²) in [6, 6.07) is 0. The molecule has 0 heterocycles. The SMILES string of the molecule is NC(=S)C(CCO)(CCCO)C(N)=S. The van der Waals surface area contributed by atoms with Crippen LogP contribution in [0.3, 0.4) is 0 Å². The van der Waals surface area contributed by atoms with Gasteiger partial charge >= 0.3 is 0 Å². The van der Waals surface area contributed by atoms with Gasteiger partial charge in [0.25, 0.3) is 0 Å². The van der Waals surface area contributed by atoms with Gasteiger partial charge in [-0.05, 0) is 19.3 Å². The summed E-state index contributed by atoms with van der Waals surface area (Å²) in [7, 11) is 0. The zero-order valence-electron chi connectivity index (χ0n) is 7.90. The van der Waals surface area contributed by atoms with E-state index in [0.29, 0.717) is 19.3 Å². The second-order valence-corrected chi connectivity index (χ2v) is 3.99. The number of thiocarbonyl (C=S) groups is 2. The minimum Gasteiger partial charge on any atom is -0.396 e. The smallest absolute Gasteiger partial charge is 0.0859 e. The van der Waals surface area contributed by atoms with Crippen molar-refractivity contribution in [2.75, 3.05) is 13.2 Å². The molecule has 0 bridgehead atoms. The summed E-state index contributed by atoms with van der Waals surface area (Å²) < 4.78 is 0. The molecule has 14 heavy (non-hydrogen) atoms. The van der Waals surface area contributed by atoms with Gasteiger partial charge in [-0.15, -0.1) is 0 Å². The van der Waals surface area contributed by atoms with E-state index in [-0.39, 0.29) is 23.2 Å². The fraction of sp³-hybridized carbons (Fsp3) is 0.750. The average molecular weight is 236 g/mol. The van der Waals surface area contributed by atoms with E-state index in [1.165, 1.54) is 0 Å². The summed E-state index contributed by atoms with van der Waals surface area (Å²) in [5.41, 5.74) is 10.4. The normalized spacial score (nSPS) is 11.3. The van der Waals surface area contributed by atoms with E-state index < -0.39 is 5.41 Å². The zero-order chi connectivity index (χ0) is 11.2. The molecular formula is C8H16N2O2S2. The van der Waals surface area contributed by atoms with E-state index >= 15 is 0 Å². The minimum absolute atomic E-state index is 0.0262. The number of aliphatic hydroxyl groups excluding tert-OH is 2. The van der Waals surface area contributed by atoms with Gasteiger partial charge in [-0.3, -0.25) is 0 Å². The molecule has 0 aromatic heterocycles. The predicted molar refractivity (Wildman–Crippen MR) is 64.0 cm³/mol. The van der Waals surface area contributed by atoms with Crippen molar-refractivity contribution >= 4 is 34.4 Å². The van der Waals surface area contributed by atoms with Gasteiger partial charge in [0.1, 0.15) is 0 Å². The Morgan fingerprint density at radius 3 is 1.79 bits per heavy atom. The van der Waals surface area contributed by atoms with E-state index in [1.807, 2.05) is 0 Å². The van der Waals surface area contributed by atoms with Crippen LogP contribution >= 0.6 is 24.4 Å². The van der Waals surface area contributed by atoms with Crippen molar-refractivity contribution in [3.8, 4) is 0 Å². The maximum Gasteiger partial charge on any atom is 0.0859 e. The van der Waals surface area contributed by atoms with Crippen LogP contribution in [0.5, 0.6) is 0 Å². The molecule has 0 radical (unpaired) electrons. The van der Waals surface area contributed by atoms with Crippen molar-refractivity contribution in [3.63, 3.8) is 0 Å². The Kier molecular flexibility index (Phi) is 6.10. The highest BCUT2D eigenvalue weighted by molar-refractivity contribution is 7.82. The maximum absolute atomic E-state index is 8.91. The van der Waals surface area contributed by atoms with Crippen LogP contribution in [-0.4, -0.2) is 33.4 Å². The summed E-state index contributed by atoms with van der Waals surface area (Å²) in [4.78, 5) is 0.375. The highest BCUT2D eigenvalue weighted by Crippen LogP contribution is 2.29. The molecule has 0 saturated carbocycles. The van der Waals surface area contributed by atoms with Crippen molar-refractivity contribution in [3.05, 3.63) is 0 Å². The third kappa shape index (κ3) is 3.13. The summed E-state index contributed by atoms with van der Waals surface area (Å²) in [5, 5.41) is 17.6. The van der Waals surface area contributed by atoms with Crippen molar-refractivity contribution in [2.45, 2.75) is 19.3 Å². The van der Waals surface area contributed by atoms with Crippen LogP contribution in [-0.2, 0) is 0 Å². The van der Waals surface area contributed by atoms with Gasteiger partial charge in [-0.25, -0.2) is 0 Å². The van der Waals surface area contributed by atoms with Gasteiger partial charge in [0.05, 0.1) is 15.4 Å². The Labute approximate surface area is 94.3 Å². The lowest BCUT2D eigenvalue weighted by Gasteiger charge is -2.30. The van der Waals surface area contributed by atoms with Gasteiger partial charge in [0.15, 0.2) is 0 Å². The third-order valence-corrected chi connectivity index (χ3v) is 3.03. The molecule has 0 fully saturated rings. The minimum atomic E-state index is -0.790.